The number of hydrogen-bond acceptors (Lipinski definition) is 5. The molecule has 7 nitrogen and oxygen atoms in total. The Morgan fingerprint density at radius 1 is 1.15 bits per heavy atom. The third kappa shape index (κ3) is 5.28. The van der Waals surface area contributed by atoms with Crippen LogP contribution < -0.4 is 10.1 Å². The van der Waals surface area contributed by atoms with Crippen molar-refractivity contribution >= 4 is 5.91 Å². The Kier molecular flexibility index (Phi) is 6.08. The van der Waals surface area contributed by atoms with Gasteiger partial charge in [-0.05, 0) is 71.4 Å². The maximum atomic E-state index is 12.3. The molecule has 2 N–H and O–H groups in total. The molecular weight excluding hydrogens is 342 g/mol. The van der Waals surface area contributed by atoms with E-state index in [4.69, 9.17) is 4.74 Å². The van der Waals surface area contributed by atoms with Gasteiger partial charge in [-0.1, -0.05) is 0 Å². The molecule has 1 fully saturated rings. The predicted molar refractivity (Wildman–Crippen MR) is 103 cm³/mol. The van der Waals surface area contributed by atoms with E-state index in [9.17, 15) is 4.79 Å². The first-order valence-electron chi connectivity index (χ1n) is 9.69. The molecule has 2 aromatic heterocycles. The van der Waals surface area contributed by atoms with Crippen LogP contribution in [0.1, 0.15) is 60.4 Å². The van der Waals surface area contributed by atoms with E-state index >= 15 is 0 Å². The van der Waals surface area contributed by atoms with E-state index in [-0.39, 0.29) is 18.1 Å². The van der Waals surface area contributed by atoms with Crippen molar-refractivity contribution in [3.05, 3.63) is 34.4 Å². The molecule has 1 aliphatic carbocycles. The minimum atomic E-state index is 0.108. The van der Waals surface area contributed by atoms with Gasteiger partial charge in [-0.3, -0.25) is 9.89 Å². The fourth-order valence-electron chi connectivity index (χ4n) is 3.70. The monoisotopic (exact) mass is 371 g/mol. The van der Waals surface area contributed by atoms with Gasteiger partial charge >= 0.3 is 6.01 Å². The molecule has 1 aliphatic rings. The van der Waals surface area contributed by atoms with Crippen LogP contribution in [0.2, 0.25) is 0 Å². The number of hydrogen-bond donors (Lipinski definition) is 2. The van der Waals surface area contributed by atoms with Crippen LogP contribution in [-0.2, 0) is 11.2 Å². The third-order valence-corrected chi connectivity index (χ3v) is 5.16. The van der Waals surface area contributed by atoms with E-state index in [0.717, 1.165) is 60.4 Å². The molecule has 0 bridgehead atoms. The number of H-pyrrole nitrogens is 1. The van der Waals surface area contributed by atoms with Crippen LogP contribution in [0, 0.1) is 27.7 Å². The van der Waals surface area contributed by atoms with Crippen LogP contribution in [-0.4, -0.2) is 38.2 Å². The highest BCUT2D eigenvalue weighted by molar-refractivity contribution is 5.76. The van der Waals surface area contributed by atoms with Gasteiger partial charge in [0.2, 0.25) is 5.91 Å². The maximum Gasteiger partial charge on any atom is 0.317 e. The second-order valence-corrected chi connectivity index (χ2v) is 7.50. The first kappa shape index (κ1) is 19.3. The Morgan fingerprint density at radius 2 is 1.81 bits per heavy atom. The minimum absolute atomic E-state index is 0.108. The molecule has 1 amide bonds. The lowest BCUT2D eigenvalue weighted by Gasteiger charge is -2.29. The van der Waals surface area contributed by atoms with Crippen molar-refractivity contribution in [3.8, 4) is 6.01 Å². The molecule has 1 saturated carbocycles. The highest BCUT2D eigenvalue weighted by Crippen LogP contribution is 2.23. The summed E-state index contributed by atoms with van der Waals surface area (Å²) in [6, 6.07) is 2.63. The van der Waals surface area contributed by atoms with E-state index < -0.39 is 0 Å². The second-order valence-electron chi connectivity index (χ2n) is 7.50. The molecular formula is C20H29N5O2. The van der Waals surface area contributed by atoms with Gasteiger partial charge in [0, 0.05) is 29.5 Å². The van der Waals surface area contributed by atoms with Crippen molar-refractivity contribution in [1.29, 1.82) is 0 Å². The number of nitrogens with zero attached hydrogens (tertiary/aromatic N) is 3. The molecule has 0 aliphatic heterocycles. The maximum absolute atomic E-state index is 12.3. The Hall–Kier alpha value is -2.44. The summed E-state index contributed by atoms with van der Waals surface area (Å²) in [5.74, 6) is 0.108. The number of aromatic nitrogens is 4. The molecule has 7 heteroatoms. The van der Waals surface area contributed by atoms with Crippen molar-refractivity contribution in [2.24, 2.45) is 0 Å². The fourth-order valence-corrected chi connectivity index (χ4v) is 3.70. The van der Waals surface area contributed by atoms with Gasteiger partial charge in [-0.2, -0.15) is 5.10 Å². The number of aryl methyl sites for hydroxylation is 4. The Labute approximate surface area is 160 Å². The average Bonchev–Trinajstić information content (AvgIpc) is 2.92. The molecule has 0 spiro atoms. The number of aromatic amines is 1. The summed E-state index contributed by atoms with van der Waals surface area (Å²) in [7, 11) is 0. The van der Waals surface area contributed by atoms with Gasteiger partial charge < -0.3 is 10.1 Å². The highest BCUT2D eigenvalue weighted by Gasteiger charge is 2.24. The molecule has 0 aromatic carbocycles. The largest absolute Gasteiger partial charge is 0.460 e. The van der Waals surface area contributed by atoms with Crippen molar-refractivity contribution < 1.29 is 9.53 Å². The number of ether oxygens (including phenoxy) is 1. The van der Waals surface area contributed by atoms with E-state index in [0.29, 0.717) is 12.4 Å². The first-order valence-corrected chi connectivity index (χ1v) is 9.69. The first-order chi connectivity index (χ1) is 12.9. The molecule has 0 unspecified atom stereocenters. The fraction of sp³-hybridized carbons (Fsp3) is 0.600. The molecule has 0 saturated heterocycles. The van der Waals surface area contributed by atoms with Crippen LogP contribution in [0.3, 0.4) is 0 Å². The summed E-state index contributed by atoms with van der Waals surface area (Å²) < 4.78 is 5.95. The van der Waals surface area contributed by atoms with Crippen LogP contribution in [0.15, 0.2) is 6.07 Å². The number of amides is 1. The molecule has 0 atom stereocenters. The Bertz CT molecular complexity index is 754. The van der Waals surface area contributed by atoms with Gasteiger partial charge in [0.15, 0.2) is 0 Å². The van der Waals surface area contributed by atoms with Gasteiger partial charge in [-0.25, -0.2) is 9.97 Å². The molecule has 2 heterocycles. The summed E-state index contributed by atoms with van der Waals surface area (Å²) in [4.78, 5) is 21.0. The lowest BCUT2D eigenvalue weighted by Crippen LogP contribution is -2.39. The predicted octanol–water partition coefficient (Wildman–Crippen LogP) is 2.87. The zero-order chi connectivity index (χ0) is 19.4. The Balaban J connectivity index is 1.42. The van der Waals surface area contributed by atoms with E-state index in [2.05, 4.69) is 25.5 Å². The van der Waals surface area contributed by atoms with Crippen molar-refractivity contribution in [2.75, 3.05) is 0 Å². The summed E-state index contributed by atoms with van der Waals surface area (Å²) in [5, 5.41) is 10.3. The summed E-state index contributed by atoms with van der Waals surface area (Å²) in [6.07, 6.45) is 4.99. The lowest BCUT2D eigenvalue weighted by atomic mass is 9.93. The van der Waals surface area contributed by atoms with Crippen molar-refractivity contribution in [1.82, 2.24) is 25.5 Å². The number of carbonyl (C=O) groups excluding carboxylic acids is 1. The molecule has 146 valence electrons. The van der Waals surface area contributed by atoms with E-state index in [1.54, 1.807) is 0 Å². The second kappa shape index (κ2) is 8.50. The van der Waals surface area contributed by atoms with Crippen molar-refractivity contribution in [2.45, 2.75) is 78.4 Å². The van der Waals surface area contributed by atoms with Gasteiger partial charge in [0.05, 0.1) is 5.69 Å². The van der Waals surface area contributed by atoms with Crippen LogP contribution in [0.25, 0.3) is 0 Å². The van der Waals surface area contributed by atoms with Crippen molar-refractivity contribution in [3.63, 3.8) is 0 Å². The van der Waals surface area contributed by atoms with Gasteiger partial charge in [0.25, 0.3) is 0 Å². The zero-order valence-corrected chi connectivity index (χ0v) is 16.6. The number of carbonyl (C=O) groups is 1. The van der Waals surface area contributed by atoms with Gasteiger partial charge in [-0.15, -0.1) is 0 Å². The lowest BCUT2D eigenvalue weighted by molar-refractivity contribution is -0.122. The van der Waals surface area contributed by atoms with Gasteiger partial charge in [0.1, 0.15) is 6.10 Å². The topological polar surface area (TPSA) is 92.8 Å². The molecule has 27 heavy (non-hydrogen) atoms. The Morgan fingerprint density at radius 3 is 2.41 bits per heavy atom. The quantitative estimate of drug-likeness (QED) is 0.814. The molecule has 3 rings (SSSR count). The zero-order valence-electron chi connectivity index (χ0n) is 16.6. The van der Waals surface area contributed by atoms with Crippen LogP contribution in [0.4, 0.5) is 0 Å². The minimum Gasteiger partial charge on any atom is -0.460 e. The summed E-state index contributed by atoms with van der Waals surface area (Å²) in [5.41, 5.74) is 5.01. The third-order valence-electron chi connectivity index (χ3n) is 5.16. The number of nitrogens with one attached hydrogen (secondary N) is 2. The standard InChI is InChI=1S/C20H29N5O2/c1-12-11-13(2)22-20(21-12)27-17-7-5-16(6-8-17)23-19(26)10-9-18-14(3)24-25-15(18)4/h11,16-17H,5-10H2,1-4H3,(H,23,26)(H,24,25). The smallest absolute Gasteiger partial charge is 0.317 e. The normalized spacial score (nSPS) is 19.7. The SMILES string of the molecule is Cc1cc(C)nc(OC2CCC(NC(=O)CCc3c(C)n[nH]c3C)CC2)n1. The molecule has 2 aromatic rings. The molecule has 0 radical (unpaired) electrons. The van der Waals surface area contributed by atoms with Crippen LogP contribution >= 0.6 is 0 Å². The average molecular weight is 371 g/mol. The number of rotatable bonds is 6. The van der Waals surface area contributed by atoms with E-state index in [1.807, 2.05) is 33.8 Å². The van der Waals surface area contributed by atoms with E-state index in [1.165, 1.54) is 0 Å². The van der Waals surface area contributed by atoms with Crippen LogP contribution in [0.5, 0.6) is 6.01 Å². The summed E-state index contributed by atoms with van der Waals surface area (Å²) in [6.45, 7) is 7.85. The summed E-state index contributed by atoms with van der Waals surface area (Å²) >= 11 is 0. The highest BCUT2D eigenvalue weighted by atomic mass is 16.5.